The highest BCUT2D eigenvalue weighted by atomic mass is 19.3. The molecular formula is C22H26F2N4O. The molecule has 7 heteroatoms. The third-order valence-electron chi connectivity index (χ3n) is 4.68. The zero-order valence-electron chi connectivity index (χ0n) is 17.0. The molecule has 1 aromatic carbocycles. The predicted octanol–water partition coefficient (Wildman–Crippen LogP) is 5.18. The Kier molecular flexibility index (Phi) is 5.71. The number of fused-ring (bicyclic) bond motifs is 1. The first-order valence-electron chi connectivity index (χ1n) is 9.48. The number of nitrogens with zero attached hydrogens (tertiary/aromatic N) is 1. The van der Waals surface area contributed by atoms with Gasteiger partial charge in [-0.25, -0.2) is 13.8 Å². The normalized spacial score (nSPS) is 13.1. The van der Waals surface area contributed by atoms with Gasteiger partial charge in [0.1, 0.15) is 5.65 Å². The van der Waals surface area contributed by atoms with Crippen LogP contribution in [0, 0.1) is 12.3 Å². The highest BCUT2D eigenvalue weighted by Crippen LogP contribution is 2.36. The minimum Gasteiger partial charge on any atom is -0.344 e. The lowest BCUT2D eigenvalue weighted by molar-refractivity contribution is -0.118. The fourth-order valence-electron chi connectivity index (χ4n) is 3.45. The van der Waals surface area contributed by atoms with Crippen molar-refractivity contribution in [2.45, 2.75) is 46.6 Å². The van der Waals surface area contributed by atoms with Gasteiger partial charge in [0.15, 0.2) is 0 Å². The molecule has 29 heavy (non-hydrogen) atoms. The van der Waals surface area contributed by atoms with E-state index < -0.39 is 12.5 Å². The number of pyridine rings is 1. The molecule has 0 unspecified atom stereocenters. The van der Waals surface area contributed by atoms with Crippen LogP contribution in [-0.2, 0) is 4.79 Å². The smallest absolute Gasteiger partial charge is 0.264 e. The van der Waals surface area contributed by atoms with Gasteiger partial charge in [0, 0.05) is 28.5 Å². The van der Waals surface area contributed by atoms with Crippen LogP contribution in [0.5, 0.6) is 0 Å². The molecule has 2 aromatic heterocycles. The summed E-state index contributed by atoms with van der Waals surface area (Å²) in [5.41, 5.74) is 8.61. The van der Waals surface area contributed by atoms with Crippen LogP contribution in [0.1, 0.15) is 44.9 Å². The number of halogens is 2. The summed E-state index contributed by atoms with van der Waals surface area (Å²) in [4.78, 5) is 19.7. The molecule has 3 aromatic rings. The van der Waals surface area contributed by atoms with Gasteiger partial charge >= 0.3 is 0 Å². The molecule has 1 atom stereocenters. The minimum atomic E-state index is -2.70. The number of nitrogens with two attached hydrogens (primary N) is 1. The Balaban J connectivity index is 1.95. The molecule has 1 amide bonds. The standard InChI is InChI=1S/C22H26F2N4O/c1-12-9-17-15(7-8-26-20(17)27-12)14-6-5-13(10-16(14)19(23)24)28-21(29)18(25)11-22(2,3)4/h5-10,18-19H,11,25H2,1-4H3,(H,26,27)(H,28,29)/t18-/m1/s1. The van der Waals surface area contributed by atoms with Crippen LogP contribution >= 0.6 is 0 Å². The molecule has 5 nitrogen and oxygen atoms in total. The Morgan fingerprint density at radius 1 is 1.21 bits per heavy atom. The topological polar surface area (TPSA) is 83.8 Å². The van der Waals surface area contributed by atoms with Crippen LogP contribution in [0.3, 0.4) is 0 Å². The number of hydrogen-bond acceptors (Lipinski definition) is 3. The molecule has 0 saturated heterocycles. The molecule has 0 radical (unpaired) electrons. The number of carbonyl (C=O) groups is 1. The molecule has 0 fully saturated rings. The molecule has 0 aliphatic carbocycles. The summed E-state index contributed by atoms with van der Waals surface area (Å²) in [5, 5.41) is 3.44. The first kappa shape index (κ1) is 20.9. The largest absolute Gasteiger partial charge is 0.344 e. The quantitative estimate of drug-likeness (QED) is 0.552. The van der Waals surface area contributed by atoms with E-state index in [-0.39, 0.29) is 16.9 Å². The van der Waals surface area contributed by atoms with Gasteiger partial charge in [0.25, 0.3) is 6.43 Å². The molecule has 0 bridgehead atoms. The van der Waals surface area contributed by atoms with Crippen LogP contribution in [0.4, 0.5) is 14.5 Å². The summed E-state index contributed by atoms with van der Waals surface area (Å²) in [7, 11) is 0. The molecule has 0 aliphatic heterocycles. The second kappa shape index (κ2) is 7.91. The zero-order chi connectivity index (χ0) is 21.3. The number of nitrogens with one attached hydrogen (secondary N) is 2. The summed E-state index contributed by atoms with van der Waals surface area (Å²) in [6.07, 6.45) is -0.627. The van der Waals surface area contributed by atoms with Crippen molar-refractivity contribution in [1.29, 1.82) is 0 Å². The van der Waals surface area contributed by atoms with E-state index in [9.17, 15) is 13.6 Å². The third kappa shape index (κ3) is 4.79. The number of aryl methyl sites for hydroxylation is 1. The SMILES string of the molecule is Cc1cc2c(-c3ccc(NC(=O)[C@H](N)CC(C)(C)C)cc3C(F)F)ccnc2[nH]1. The molecule has 154 valence electrons. The van der Waals surface area contributed by atoms with Crippen LogP contribution in [0.15, 0.2) is 36.5 Å². The maximum absolute atomic E-state index is 13.9. The summed E-state index contributed by atoms with van der Waals surface area (Å²) in [5.74, 6) is -0.388. The maximum atomic E-state index is 13.9. The van der Waals surface area contributed by atoms with Crippen LogP contribution in [0.2, 0.25) is 0 Å². The van der Waals surface area contributed by atoms with E-state index in [0.717, 1.165) is 11.1 Å². The highest BCUT2D eigenvalue weighted by Gasteiger charge is 2.23. The lowest BCUT2D eigenvalue weighted by Gasteiger charge is -2.22. The fourth-order valence-corrected chi connectivity index (χ4v) is 3.45. The van der Waals surface area contributed by atoms with E-state index in [0.29, 0.717) is 28.9 Å². The van der Waals surface area contributed by atoms with Gasteiger partial charge in [-0.15, -0.1) is 0 Å². The van der Waals surface area contributed by atoms with E-state index in [2.05, 4.69) is 15.3 Å². The second-order valence-electron chi connectivity index (χ2n) is 8.54. The summed E-state index contributed by atoms with van der Waals surface area (Å²) in [6, 6.07) is 7.42. The van der Waals surface area contributed by atoms with Crippen molar-refractivity contribution in [3.8, 4) is 11.1 Å². The molecule has 3 rings (SSSR count). The Morgan fingerprint density at radius 2 is 1.93 bits per heavy atom. The summed E-state index contributed by atoms with van der Waals surface area (Å²) >= 11 is 0. The second-order valence-corrected chi connectivity index (χ2v) is 8.54. The van der Waals surface area contributed by atoms with Gasteiger partial charge in [0.05, 0.1) is 6.04 Å². The van der Waals surface area contributed by atoms with Crippen LogP contribution in [-0.4, -0.2) is 21.9 Å². The van der Waals surface area contributed by atoms with E-state index in [4.69, 9.17) is 5.73 Å². The first-order chi connectivity index (χ1) is 13.5. The molecule has 2 heterocycles. The number of amides is 1. The van der Waals surface area contributed by atoms with Gasteiger partial charge in [-0.3, -0.25) is 4.79 Å². The first-order valence-corrected chi connectivity index (χ1v) is 9.48. The molecule has 0 aliphatic rings. The fraction of sp³-hybridized carbons (Fsp3) is 0.364. The zero-order valence-corrected chi connectivity index (χ0v) is 17.0. The Labute approximate surface area is 168 Å². The molecule has 4 N–H and O–H groups in total. The van der Waals surface area contributed by atoms with Crippen molar-refractivity contribution in [1.82, 2.24) is 9.97 Å². The van der Waals surface area contributed by atoms with Gasteiger partial charge in [-0.05, 0) is 54.2 Å². The van der Waals surface area contributed by atoms with E-state index in [1.54, 1.807) is 24.4 Å². The van der Waals surface area contributed by atoms with Crippen LogP contribution < -0.4 is 11.1 Å². The van der Waals surface area contributed by atoms with Crippen molar-refractivity contribution >= 4 is 22.6 Å². The number of alkyl halides is 2. The Bertz CT molecular complexity index is 1040. The third-order valence-corrected chi connectivity index (χ3v) is 4.68. The highest BCUT2D eigenvalue weighted by molar-refractivity contribution is 5.97. The van der Waals surface area contributed by atoms with Crippen molar-refractivity contribution < 1.29 is 13.6 Å². The van der Waals surface area contributed by atoms with Gasteiger partial charge in [-0.1, -0.05) is 26.8 Å². The van der Waals surface area contributed by atoms with Crippen molar-refractivity contribution in [2.75, 3.05) is 5.32 Å². The maximum Gasteiger partial charge on any atom is 0.264 e. The average Bonchev–Trinajstić information content (AvgIpc) is 3.00. The van der Waals surface area contributed by atoms with E-state index >= 15 is 0 Å². The summed E-state index contributed by atoms with van der Waals surface area (Å²) < 4.78 is 27.7. The van der Waals surface area contributed by atoms with Gasteiger partial charge < -0.3 is 16.0 Å². The molecular weight excluding hydrogens is 374 g/mol. The average molecular weight is 400 g/mol. The molecule has 0 spiro atoms. The van der Waals surface area contributed by atoms with Gasteiger partial charge in [-0.2, -0.15) is 0 Å². The number of H-pyrrole nitrogens is 1. The number of aromatic amines is 1. The Morgan fingerprint density at radius 3 is 2.59 bits per heavy atom. The number of aromatic nitrogens is 2. The van der Waals surface area contributed by atoms with Crippen molar-refractivity contribution in [3.05, 3.63) is 47.8 Å². The van der Waals surface area contributed by atoms with Crippen molar-refractivity contribution in [3.63, 3.8) is 0 Å². The Hall–Kier alpha value is -2.80. The van der Waals surface area contributed by atoms with E-state index in [1.165, 1.54) is 6.07 Å². The number of hydrogen-bond donors (Lipinski definition) is 3. The lowest BCUT2D eigenvalue weighted by atomic mass is 9.88. The number of rotatable bonds is 5. The number of benzene rings is 1. The van der Waals surface area contributed by atoms with Crippen molar-refractivity contribution in [2.24, 2.45) is 11.1 Å². The monoisotopic (exact) mass is 400 g/mol. The predicted molar refractivity (Wildman–Crippen MR) is 112 cm³/mol. The molecule has 0 saturated carbocycles. The number of anilines is 1. The lowest BCUT2D eigenvalue weighted by Crippen LogP contribution is -2.38. The van der Waals surface area contributed by atoms with Gasteiger partial charge in [0.2, 0.25) is 5.91 Å². The minimum absolute atomic E-state index is 0.115. The van der Waals surface area contributed by atoms with E-state index in [1.807, 2.05) is 33.8 Å². The summed E-state index contributed by atoms with van der Waals surface area (Å²) in [6.45, 7) is 7.85. The van der Waals surface area contributed by atoms with Crippen LogP contribution in [0.25, 0.3) is 22.2 Å². The number of carbonyl (C=O) groups excluding carboxylic acids is 1.